The predicted octanol–water partition coefficient (Wildman–Crippen LogP) is 3.00. The highest BCUT2D eigenvalue weighted by Gasteiger charge is 2.16. The molecule has 0 bridgehead atoms. The van der Waals surface area contributed by atoms with Crippen LogP contribution in [-0.2, 0) is 4.79 Å². The number of halogens is 1. The van der Waals surface area contributed by atoms with Crippen LogP contribution in [0.1, 0.15) is 11.8 Å². The molecule has 100 valence electrons. The number of benzene rings is 1. The maximum absolute atomic E-state index is 12.7. The summed E-state index contributed by atoms with van der Waals surface area (Å²) in [5, 5.41) is 3.20. The van der Waals surface area contributed by atoms with Crippen LogP contribution in [0.15, 0.2) is 30.5 Å². The van der Waals surface area contributed by atoms with Crippen molar-refractivity contribution >= 4 is 22.4 Å². The largest absolute Gasteiger partial charge is 0.481 e. The minimum absolute atomic E-state index is 0.293. The van der Waals surface area contributed by atoms with E-state index in [0.717, 1.165) is 4.88 Å². The molecule has 1 N–H and O–H groups in total. The number of thiazole rings is 1. The summed E-state index contributed by atoms with van der Waals surface area (Å²) in [4.78, 5) is 16.9. The normalized spacial score (nSPS) is 11.9. The van der Waals surface area contributed by atoms with Crippen LogP contribution in [-0.4, -0.2) is 17.0 Å². The van der Waals surface area contributed by atoms with Gasteiger partial charge in [0, 0.05) is 11.1 Å². The molecule has 1 aromatic heterocycles. The molecule has 19 heavy (non-hydrogen) atoms. The fourth-order valence-corrected chi connectivity index (χ4v) is 2.06. The van der Waals surface area contributed by atoms with E-state index < -0.39 is 6.10 Å². The molecule has 1 atom stereocenters. The molecule has 0 fully saturated rings. The molecule has 2 rings (SSSR count). The average Bonchev–Trinajstić information content (AvgIpc) is 2.77. The highest BCUT2D eigenvalue weighted by Crippen LogP contribution is 2.18. The maximum Gasteiger partial charge on any atom is 0.266 e. The summed E-state index contributed by atoms with van der Waals surface area (Å²) in [6, 6.07) is 5.52. The first-order valence-corrected chi connectivity index (χ1v) is 6.52. The molecule has 6 heteroatoms. The Balaban J connectivity index is 1.94. The van der Waals surface area contributed by atoms with Crippen LogP contribution in [0.2, 0.25) is 0 Å². The number of anilines is 1. The zero-order valence-corrected chi connectivity index (χ0v) is 11.3. The molecule has 0 radical (unpaired) electrons. The molecule has 0 aliphatic rings. The number of amides is 1. The van der Waals surface area contributed by atoms with Crippen LogP contribution in [0.3, 0.4) is 0 Å². The number of nitrogens with zero attached hydrogens (tertiary/aromatic N) is 1. The highest BCUT2D eigenvalue weighted by molar-refractivity contribution is 7.15. The summed E-state index contributed by atoms with van der Waals surface area (Å²) in [5.74, 6) is -0.194. The van der Waals surface area contributed by atoms with Crippen molar-refractivity contribution in [3.8, 4) is 5.75 Å². The van der Waals surface area contributed by atoms with Crippen LogP contribution in [0.5, 0.6) is 5.75 Å². The smallest absolute Gasteiger partial charge is 0.266 e. The van der Waals surface area contributed by atoms with Crippen molar-refractivity contribution in [1.82, 2.24) is 4.98 Å². The number of hydrogen-bond acceptors (Lipinski definition) is 4. The van der Waals surface area contributed by atoms with Gasteiger partial charge in [-0.25, -0.2) is 9.37 Å². The molecular formula is C13H13FN2O2S. The first kappa shape index (κ1) is 13.5. The number of rotatable bonds is 4. The highest BCUT2D eigenvalue weighted by atomic mass is 32.1. The van der Waals surface area contributed by atoms with Gasteiger partial charge in [-0.1, -0.05) is 0 Å². The van der Waals surface area contributed by atoms with E-state index in [9.17, 15) is 9.18 Å². The van der Waals surface area contributed by atoms with E-state index >= 15 is 0 Å². The van der Waals surface area contributed by atoms with Gasteiger partial charge in [0.05, 0.1) is 0 Å². The van der Waals surface area contributed by atoms with Crippen LogP contribution in [0.25, 0.3) is 0 Å². The molecule has 0 saturated carbocycles. The SMILES string of the molecule is Cc1cnc(NC(=O)[C@H](C)Oc2ccc(F)cc2)s1. The lowest BCUT2D eigenvalue weighted by Crippen LogP contribution is -2.30. The van der Waals surface area contributed by atoms with E-state index in [-0.39, 0.29) is 11.7 Å². The topological polar surface area (TPSA) is 51.2 Å². The molecule has 0 aliphatic heterocycles. The molecule has 1 aromatic carbocycles. The van der Waals surface area contributed by atoms with Gasteiger partial charge in [0.15, 0.2) is 11.2 Å². The number of aryl methyl sites for hydroxylation is 1. The Labute approximate surface area is 114 Å². The van der Waals surface area contributed by atoms with Gasteiger partial charge in [-0.05, 0) is 38.1 Å². The van der Waals surface area contributed by atoms with Gasteiger partial charge in [0.25, 0.3) is 5.91 Å². The Bertz CT molecular complexity index is 568. The fraction of sp³-hybridized carbons (Fsp3) is 0.231. The van der Waals surface area contributed by atoms with Gasteiger partial charge in [-0.3, -0.25) is 10.1 Å². The second kappa shape index (κ2) is 5.79. The Morgan fingerprint density at radius 2 is 2.11 bits per heavy atom. The monoisotopic (exact) mass is 280 g/mol. The van der Waals surface area contributed by atoms with E-state index in [1.165, 1.54) is 35.6 Å². The van der Waals surface area contributed by atoms with Crippen LogP contribution in [0, 0.1) is 12.7 Å². The number of carbonyl (C=O) groups is 1. The number of carbonyl (C=O) groups excluding carboxylic acids is 1. The van der Waals surface area contributed by atoms with Crippen LogP contribution in [0.4, 0.5) is 9.52 Å². The molecule has 1 heterocycles. The number of aromatic nitrogens is 1. The number of ether oxygens (including phenoxy) is 1. The van der Waals surface area contributed by atoms with Gasteiger partial charge >= 0.3 is 0 Å². The fourth-order valence-electron chi connectivity index (χ4n) is 1.39. The van der Waals surface area contributed by atoms with Gasteiger partial charge in [-0.2, -0.15) is 0 Å². The number of nitrogens with one attached hydrogen (secondary N) is 1. The van der Waals surface area contributed by atoms with Crippen molar-refractivity contribution in [3.63, 3.8) is 0 Å². The van der Waals surface area contributed by atoms with E-state index in [1.54, 1.807) is 13.1 Å². The third-order valence-electron chi connectivity index (χ3n) is 2.35. The second-order valence-electron chi connectivity index (χ2n) is 3.98. The molecule has 1 amide bonds. The van der Waals surface area contributed by atoms with Crippen molar-refractivity contribution in [2.45, 2.75) is 20.0 Å². The lowest BCUT2D eigenvalue weighted by atomic mass is 10.3. The first-order valence-electron chi connectivity index (χ1n) is 5.70. The van der Waals surface area contributed by atoms with Crippen molar-refractivity contribution < 1.29 is 13.9 Å². The maximum atomic E-state index is 12.7. The second-order valence-corrected chi connectivity index (χ2v) is 5.21. The molecule has 2 aromatic rings. The van der Waals surface area contributed by atoms with Crippen molar-refractivity contribution in [2.75, 3.05) is 5.32 Å². The van der Waals surface area contributed by atoms with Gasteiger partial charge in [0.2, 0.25) is 0 Å². The minimum Gasteiger partial charge on any atom is -0.481 e. The molecule has 0 aliphatic carbocycles. The minimum atomic E-state index is -0.685. The zero-order chi connectivity index (χ0) is 13.8. The van der Waals surface area contributed by atoms with Crippen LogP contribution < -0.4 is 10.1 Å². The lowest BCUT2D eigenvalue weighted by molar-refractivity contribution is -0.122. The van der Waals surface area contributed by atoms with E-state index in [2.05, 4.69) is 10.3 Å². The predicted molar refractivity (Wildman–Crippen MR) is 72.0 cm³/mol. The van der Waals surface area contributed by atoms with Gasteiger partial charge in [-0.15, -0.1) is 11.3 Å². The Morgan fingerprint density at radius 1 is 1.42 bits per heavy atom. The van der Waals surface area contributed by atoms with Gasteiger partial charge in [0.1, 0.15) is 11.6 Å². The molecule has 4 nitrogen and oxygen atoms in total. The molecule has 0 unspecified atom stereocenters. The Hall–Kier alpha value is -1.95. The standard InChI is InChI=1S/C13H13FN2O2S/c1-8-7-15-13(19-8)16-12(17)9(2)18-11-5-3-10(14)4-6-11/h3-7,9H,1-2H3,(H,15,16,17)/t9-/m0/s1. The summed E-state index contributed by atoms with van der Waals surface area (Å²) in [7, 11) is 0. The molecular weight excluding hydrogens is 267 g/mol. The van der Waals surface area contributed by atoms with Crippen molar-refractivity contribution in [2.24, 2.45) is 0 Å². The van der Waals surface area contributed by atoms with Gasteiger partial charge < -0.3 is 4.74 Å². The molecule has 0 spiro atoms. The first-order chi connectivity index (χ1) is 9.04. The summed E-state index contributed by atoms with van der Waals surface area (Å²) >= 11 is 1.39. The Morgan fingerprint density at radius 3 is 2.68 bits per heavy atom. The summed E-state index contributed by atoms with van der Waals surface area (Å²) in [6.07, 6.45) is 1.00. The summed E-state index contributed by atoms with van der Waals surface area (Å²) < 4.78 is 18.1. The summed E-state index contributed by atoms with van der Waals surface area (Å²) in [6.45, 7) is 3.53. The van der Waals surface area contributed by atoms with Crippen LogP contribution >= 0.6 is 11.3 Å². The van der Waals surface area contributed by atoms with Crippen molar-refractivity contribution in [1.29, 1.82) is 0 Å². The summed E-state index contributed by atoms with van der Waals surface area (Å²) in [5.41, 5.74) is 0. The Kier molecular flexibility index (Phi) is 4.11. The number of hydrogen-bond donors (Lipinski definition) is 1. The third-order valence-corrected chi connectivity index (χ3v) is 3.18. The third kappa shape index (κ3) is 3.75. The quantitative estimate of drug-likeness (QED) is 0.936. The lowest BCUT2D eigenvalue weighted by Gasteiger charge is -2.13. The van der Waals surface area contributed by atoms with E-state index in [4.69, 9.17) is 4.74 Å². The van der Waals surface area contributed by atoms with Crippen molar-refractivity contribution in [3.05, 3.63) is 41.2 Å². The molecule has 0 saturated heterocycles. The van der Waals surface area contributed by atoms with E-state index in [1.807, 2.05) is 6.92 Å². The zero-order valence-electron chi connectivity index (χ0n) is 10.5. The van der Waals surface area contributed by atoms with E-state index in [0.29, 0.717) is 10.9 Å². The average molecular weight is 280 g/mol.